The quantitative estimate of drug-likeness (QED) is 0.938. The molecule has 2 aromatic carbocycles. The zero-order valence-corrected chi connectivity index (χ0v) is 11.5. The Morgan fingerprint density at radius 2 is 2.10 bits per heavy atom. The minimum Gasteiger partial charge on any atom is -0.381 e. The molecule has 0 amide bonds. The van der Waals surface area contributed by atoms with E-state index in [4.69, 9.17) is 10.00 Å². The number of nitrogens with one attached hydrogen (secondary N) is 1. The van der Waals surface area contributed by atoms with Gasteiger partial charge in [0.2, 0.25) is 0 Å². The SMILES string of the molecule is N#Cc1c(F)cccc1NCC1OCCc2ccccc21. The second kappa shape index (κ2) is 5.94. The fourth-order valence-electron chi connectivity index (χ4n) is 2.63. The van der Waals surface area contributed by atoms with E-state index in [-0.39, 0.29) is 11.7 Å². The molecule has 106 valence electrons. The van der Waals surface area contributed by atoms with Crippen LogP contribution in [0.15, 0.2) is 42.5 Å². The Kier molecular flexibility index (Phi) is 3.85. The van der Waals surface area contributed by atoms with Crippen molar-refractivity contribution in [3.63, 3.8) is 0 Å². The second-order valence-corrected chi connectivity index (χ2v) is 4.96. The van der Waals surface area contributed by atoms with Crippen LogP contribution < -0.4 is 5.32 Å². The van der Waals surface area contributed by atoms with Crippen LogP contribution in [0.1, 0.15) is 22.8 Å². The smallest absolute Gasteiger partial charge is 0.143 e. The number of rotatable bonds is 3. The number of benzene rings is 2. The summed E-state index contributed by atoms with van der Waals surface area (Å²) in [6.45, 7) is 1.19. The maximum Gasteiger partial charge on any atom is 0.143 e. The molecule has 1 aliphatic heterocycles. The maximum atomic E-state index is 13.6. The Labute approximate surface area is 123 Å². The Hall–Kier alpha value is -2.38. The van der Waals surface area contributed by atoms with Crippen LogP contribution in [0.3, 0.4) is 0 Å². The van der Waals surface area contributed by atoms with Crippen molar-refractivity contribution in [2.75, 3.05) is 18.5 Å². The van der Waals surface area contributed by atoms with Crippen molar-refractivity contribution < 1.29 is 9.13 Å². The van der Waals surface area contributed by atoms with Crippen LogP contribution in [0.2, 0.25) is 0 Å². The molecule has 1 N–H and O–H groups in total. The Morgan fingerprint density at radius 1 is 1.24 bits per heavy atom. The molecule has 1 aliphatic rings. The molecule has 0 bridgehead atoms. The van der Waals surface area contributed by atoms with E-state index in [0.717, 1.165) is 12.0 Å². The summed E-state index contributed by atoms with van der Waals surface area (Å²) < 4.78 is 19.4. The van der Waals surface area contributed by atoms with Gasteiger partial charge in [-0.1, -0.05) is 30.3 Å². The van der Waals surface area contributed by atoms with Crippen LogP contribution in [-0.4, -0.2) is 13.2 Å². The minimum atomic E-state index is -0.507. The first-order valence-electron chi connectivity index (χ1n) is 6.91. The van der Waals surface area contributed by atoms with Crippen molar-refractivity contribution in [1.29, 1.82) is 5.26 Å². The third-order valence-electron chi connectivity index (χ3n) is 3.70. The first-order valence-corrected chi connectivity index (χ1v) is 6.91. The lowest BCUT2D eigenvalue weighted by Gasteiger charge is -2.26. The lowest BCUT2D eigenvalue weighted by atomic mass is 9.97. The molecule has 3 rings (SSSR count). The number of ether oxygens (including phenoxy) is 1. The number of hydrogen-bond acceptors (Lipinski definition) is 3. The molecule has 2 aromatic rings. The van der Waals surface area contributed by atoms with Crippen molar-refractivity contribution in [2.24, 2.45) is 0 Å². The van der Waals surface area contributed by atoms with Gasteiger partial charge in [0.15, 0.2) is 0 Å². The average molecular weight is 282 g/mol. The molecule has 1 atom stereocenters. The molecule has 1 unspecified atom stereocenters. The number of anilines is 1. The summed E-state index contributed by atoms with van der Waals surface area (Å²) in [5.41, 5.74) is 2.99. The average Bonchev–Trinajstić information content (AvgIpc) is 2.53. The summed E-state index contributed by atoms with van der Waals surface area (Å²) in [7, 11) is 0. The third-order valence-corrected chi connectivity index (χ3v) is 3.70. The van der Waals surface area contributed by atoms with E-state index in [0.29, 0.717) is 18.8 Å². The van der Waals surface area contributed by atoms with E-state index < -0.39 is 5.82 Å². The maximum absolute atomic E-state index is 13.6. The molecule has 0 aliphatic carbocycles. The van der Waals surface area contributed by atoms with E-state index in [1.807, 2.05) is 18.2 Å². The van der Waals surface area contributed by atoms with Crippen molar-refractivity contribution in [3.8, 4) is 6.07 Å². The molecule has 0 spiro atoms. The predicted molar refractivity (Wildman–Crippen MR) is 78.4 cm³/mol. The fourth-order valence-corrected chi connectivity index (χ4v) is 2.63. The minimum absolute atomic E-state index is 0.0431. The lowest BCUT2D eigenvalue weighted by molar-refractivity contribution is 0.0513. The van der Waals surface area contributed by atoms with Gasteiger partial charge in [-0.2, -0.15) is 5.26 Å². The highest BCUT2D eigenvalue weighted by molar-refractivity contribution is 5.58. The van der Waals surface area contributed by atoms with Crippen LogP contribution in [0.5, 0.6) is 0 Å². The van der Waals surface area contributed by atoms with Crippen LogP contribution in [0, 0.1) is 17.1 Å². The van der Waals surface area contributed by atoms with Crippen LogP contribution >= 0.6 is 0 Å². The predicted octanol–water partition coefficient (Wildman–Crippen LogP) is 3.42. The van der Waals surface area contributed by atoms with E-state index in [1.165, 1.54) is 11.6 Å². The molecular formula is C17H15FN2O. The summed E-state index contributed by atoms with van der Waals surface area (Å²) in [5.74, 6) is -0.507. The Bertz CT molecular complexity index is 693. The zero-order valence-electron chi connectivity index (χ0n) is 11.5. The molecule has 21 heavy (non-hydrogen) atoms. The van der Waals surface area contributed by atoms with Gasteiger partial charge in [0.1, 0.15) is 17.4 Å². The fraction of sp³-hybridized carbons (Fsp3) is 0.235. The molecule has 1 heterocycles. The van der Waals surface area contributed by atoms with Gasteiger partial charge in [0.25, 0.3) is 0 Å². The third kappa shape index (κ3) is 2.74. The molecule has 3 nitrogen and oxygen atoms in total. The highest BCUT2D eigenvalue weighted by Gasteiger charge is 2.20. The highest BCUT2D eigenvalue weighted by atomic mass is 19.1. The Morgan fingerprint density at radius 3 is 2.95 bits per heavy atom. The zero-order chi connectivity index (χ0) is 14.7. The number of nitriles is 1. The van der Waals surface area contributed by atoms with Gasteiger partial charge in [-0.25, -0.2) is 4.39 Å². The van der Waals surface area contributed by atoms with Gasteiger partial charge < -0.3 is 10.1 Å². The number of halogens is 1. The van der Waals surface area contributed by atoms with Crippen molar-refractivity contribution in [3.05, 3.63) is 65.0 Å². The lowest BCUT2D eigenvalue weighted by Crippen LogP contribution is -2.23. The van der Waals surface area contributed by atoms with Crippen LogP contribution in [0.4, 0.5) is 10.1 Å². The standard InChI is InChI=1S/C17H15FN2O/c18-15-6-3-7-16(14(15)10-19)20-11-17-13-5-2-1-4-12(13)8-9-21-17/h1-7,17,20H,8-9,11H2. The molecule has 0 saturated heterocycles. The van der Waals surface area contributed by atoms with Crippen LogP contribution in [-0.2, 0) is 11.2 Å². The summed E-state index contributed by atoms with van der Waals surface area (Å²) in [5, 5.41) is 12.2. The van der Waals surface area contributed by atoms with Gasteiger partial charge in [0.05, 0.1) is 18.4 Å². The molecule has 4 heteroatoms. The van der Waals surface area contributed by atoms with Gasteiger partial charge in [-0.15, -0.1) is 0 Å². The van der Waals surface area contributed by atoms with E-state index >= 15 is 0 Å². The van der Waals surface area contributed by atoms with Crippen molar-refractivity contribution >= 4 is 5.69 Å². The monoisotopic (exact) mass is 282 g/mol. The summed E-state index contributed by atoms with van der Waals surface area (Å²) in [6.07, 6.45) is 0.834. The molecule has 0 radical (unpaired) electrons. The van der Waals surface area contributed by atoms with Gasteiger partial charge in [-0.05, 0) is 29.7 Å². The first-order chi connectivity index (χ1) is 10.3. The van der Waals surface area contributed by atoms with E-state index in [2.05, 4.69) is 17.4 Å². The van der Waals surface area contributed by atoms with Gasteiger partial charge in [0, 0.05) is 6.54 Å². The molecule has 0 fully saturated rings. The topological polar surface area (TPSA) is 45.0 Å². The van der Waals surface area contributed by atoms with Gasteiger partial charge >= 0.3 is 0 Å². The number of fused-ring (bicyclic) bond motifs is 1. The normalized spacial score (nSPS) is 16.9. The van der Waals surface area contributed by atoms with Gasteiger partial charge in [-0.3, -0.25) is 0 Å². The highest BCUT2D eigenvalue weighted by Crippen LogP contribution is 2.28. The summed E-state index contributed by atoms with van der Waals surface area (Å²) >= 11 is 0. The number of hydrogen-bond donors (Lipinski definition) is 1. The molecule has 0 saturated carbocycles. The summed E-state index contributed by atoms with van der Waals surface area (Å²) in [6, 6.07) is 14.6. The van der Waals surface area contributed by atoms with Crippen molar-refractivity contribution in [1.82, 2.24) is 0 Å². The largest absolute Gasteiger partial charge is 0.381 e. The van der Waals surface area contributed by atoms with Crippen LogP contribution in [0.25, 0.3) is 0 Å². The molecule has 0 aromatic heterocycles. The first kappa shape index (κ1) is 13.6. The number of nitrogens with zero attached hydrogens (tertiary/aromatic N) is 1. The van der Waals surface area contributed by atoms with E-state index in [1.54, 1.807) is 12.1 Å². The second-order valence-electron chi connectivity index (χ2n) is 4.96. The van der Waals surface area contributed by atoms with E-state index in [9.17, 15) is 4.39 Å². The Balaban J connectivity index is 1.78. The molecular weight excluding hydrogens is 267 g/mol. The van der Waals surface area contributed by atoms with Crippen molar-refractivity contribution in [2.45, 2.75) is 12.5 Å². The summed E-state index contributed by atoms with van der Waals surface area (Å²) in [4.78, 5) is 0.